The van der Waals surface area contributed by atoms with E-state index in [2.05, 4.69) is 15.4 Å². The molecule has 230 valence electrons. The zero-order valence-corrected chi connectivity index (χ0v) is 24.6. The first-order valence-electron chi connectivity index (χ1n) is 13.9. The fourth-order valence-corrected chi connectivity index (χ4v) is 6.63. The van der Waals surface area contributed by atoms with Gasteiger partial charge in [0.25, 0.3) is 5.91 Å². The lowest BCUT2D eigenvalue weighted by Crippen LogP contribution is -2.61. The Hall–Kier alpha value is -3.50. The maximum absolute atomic E-state index is 14.1. The van der Waals surface area contributed by atoms with Crippen molar-refractivity contribution in [3.63, 3.8) is 0 Å². The molecule has 7 rings (SSSR count). The van der Waals surface area contributed by atoms with Crippen molar-refractivity contribution in [3.8, 4) is 5.75 Å². The van der Waals surface area contributed by atoms with E-state index >= 15 is 0 Å². The van der Waals surface area contributed by atoms with Gasteiger partial charge >= 0.3 is 0 Å². The summed E-state index contributed by atoms with van der Waals surface area (Å²) in [6.07, 6.45) is 2.12. The molecule has 0 aliphatic carbocycles. The van der Waals surface area contributed by atoms with Crippen molar-refractivity contribution in [2.75, 3.05) is 63.4 Å². The fourth-order valence-electron chi connectivity index (χ4n) is 5.73. The summed E-state index contributed by atoms with van der Waals surface area (Å²) in [6, 6.07) is 4.18. The van der Waals surface area contributed by atoms with Gasteiger partial charge in [-0.3, -0.25) is 9.59 Å². The lowest BCUT2D eigenvalue weighted by atomic mass is 9.89. The Morgan fingerprint density at radius 1 is 1.26 bits per heavy atom. The van der Waals surface area contributed by atoms with Crippen LogP contribution in [-0.4, -0.2) is 113 Å². The largest absolute Gasteiger partial charge is 0.483 e. The monoisotopic (exact) mass is 616 g/mol. The van der Waals surface area contributed by atoms with Crippen molar-refractivity contribution in [2.24, 2.45) is 5.73 Å². The molecule has 4 fully saturated rings. The number of methoxy groups -OCH3 is 1. The normalized spacial score (nSPS) is 25.7. The molecule has 0 saturated carbocycles. The third-order valence-corrected chi connectivity index (χ3v) is 8.96. The number of hydrogen-bond acceptors (Lipinski definition) is 11. The molecule has 2 aromatic heterocycles. The van der Waals surface area contributed by atoms with E-state index in [9.17, 15) is 14.0 Å². The highest BCUT2D eigenvalue weighted by Crippen LogP contribution is 2.47. The van der Waals surface area contributed by atoms with Gasteiger partial charge in [-0.1, -0.05) is 0 Å². The lowest BCUT2D eigenvalue weighted by molar-refractivity contribution is -0.224. The molecule has 3 N–H and O–H groups in total. The minimum absolute atomic E-state index is 0.0858. The average molecular weight is 617 g/mol. The number of amides is 2. The Morgan fingerprint density at radius 2 is 2.07 bits per heavy atom. The molecule has 2 amide bonds. The molecule has 6 heterocycles. The van der Waals surface area contributed by atoms with Crippen molar-refractivity contribution >= 4 is 40.6 Å². The molecule has 2 unspecified atom stereocenters. The number of hydrogen-bond donors (Lipinski definition) is 2. The molecular weight excluding hydrogens is 583 g/mol. The first-order valence-corrected chi connectivity index (χ1v) is 15.0. The number of nitrogens with one attached hydrogen (secondary N) is 1. The highest BCUT2D eigenvalue weighted by molar-refractivity contribution is 7.99. The van der Waals surface area contributed by atoms with Gasteiger partial charge in [-0.15, -0.1) is 0 Å². The van der Waals surface area contributed by atoms with Gasteiger partial charge in [-0.05, 0) is 24.6 Å². The SMILES string of the molecule is COCC(=O)N1CCSCC1.Cc1c(C(N)=O)cn2ncnc(Nc3ccc(F)cc3OC3CO[C@]45COC4CO[C@H]35)c12. The van der Waals surface area contributed by atoms with Gasteiger partial charge in [0.2, 0.25) is 5.91 Å². The highest BCUT2D eigenvalue weighted by Gasteiger charge is 2.67. The van der Waals surface area contributed by atoms with Crippen LogP contribution in [0.5, 0.6) is 5.75 Å². The van der Waals surface area contributed by atoms with Crippen LogP contribution in [-0.2, 0) is 23.7 Å². The zero-order valence-electron chi connectivity index (χ0n) is 23.8. The first-order chi connectivity index (χ1) is 20.8. The Balaban J connectivity index is 0.000000254. The molecular formula is C28H33FN6O7S. The maximum Gasteiger partial charge on any atom is 0.250 e. The van der Waals surface area contributed by atoms with Crippen molar-refractivity contribution in [1.82, 2.24) is 19.5 Å². The molecule has 1 aromatic carbocycles. The van der Waals surface area contributed by atoms with Crippen LogP contribution in [0.25, 0.3) is 5.52 Å². The number of benzene rings is 1. The predicted molar refractivity (Wildman–Crippen MR) is 154 cm³/mol. The number of aryl methyl sites for hydroxylation is 1. The van der Waals surface area contributed by atoms with Crippen LogP contribution in [0, 0.1) is 12.7 Å². The molecule has 4 atom stereocenters. The summed E-state index contributed by atoms with van der Waals surface area (Å²) in [5, 5.41) is 7.33. The number of aromatic nitrogens is 3. The van der Waals surface area contributed by atoms with E-state index in [1.54, 1.807) is 26.3 Å². The number of carbonyl (C=O) groups excluding carboxylic acids is 2. The Morgan fingerprint density at radius 3 is 2.79 bits per heavy atom. The van der Waals surface area contributed by atoms with Gasteiger partial charge in [-0.2, -0.15) is 16.9 Å². The Bertz CT molecular complexity index is 1520. The number of primary amides is 1. The topological polar surface area (TPSA) is 152 Å². The smallest absolute Gasteiger partial charge is 0.250 e. The molecule has 4 aliphatic rings. The van der Waals surface area contributed by atoms with E-state index in [-0.39, 0.29) is 24.7 Å². The van der Waals surface area contributed by atoms with Gasteiger partial charge in [0, 0.05) is 44.0 Å². The fraction of sp³-hybridized carbons (Fsp3) is 0.500. The third-order valence-electron chi connectivity index (χ3n) is 8.02. The molecule has 3 aromatic rings. The number of nitrogens with zero attached hydrogens (tertiary/aromatic N) is 4. The van der Waals surface area contributed by atoms with E-state index in [0.29, 0.717) is 53.7 Å². The van der Waals surface area contributed by atoms with Crippen LogP contribution in [0.3, 0.4) is 0 Å². The van der Waals surface area contributed by atoms with Crippen molar-refractivity contribution < 1.29 is 37.7 Å². The van der Waals surface area contributed by atoms with Gasteiger partial charge in [-0.25, -0.2) is 13.9 Å². The number of nitrogens with two attached hydrogens (primary N) is 1. The lowest BCUT2D eigenvalue weighted by Gasteiger charge is -2.41. The molecule has 0 bridgehead atoms. The number of carbonyl (C=O) groups is 2. The number of halogens is 1. The zero-order chi connectivity index (χ0) is 30.1. The van der Waals surface area contributed by atoms with Crippen LogP contribution in [0.15, 0.2) is 30.7 Å². The minimum Gasteiger partial charge on any atom is -0.483 e. The molecule has 4 aliphatic heterocycles. The summed E-state index contributed by atoms with van der Waals surface area (Å²) < 4.78 is 43.9. The number of fused-ring (bicyclic) bond motifs is 1. The molecule has 43 heavy (non-hydrogen) atoms. The molecule has 13 nitrogen and oxygen atoms in total. The number of rotatable bonds is 7. The highest BCUT2D eigenvalue weighted by atomic mass is 32.2. The summed E-state index contributed by atoms with van der Waals surface area (Å²) in [6.45, 7) is 4.98. The second-order valence-corrected chi connectivity index (χ2v) is 11.8. The van der Waals surface area contributed by atoms with Gasteiger partial charge in [0.1, 0.15) is 47.8 Å². The van der Waals surface area contributed by atoms with E-state index < -0.39 is 23.4 Å². The molecule has 15 heteroatoms. The summed E-state index contributed by atoms with van der Waals surface area (Å²) in [7, 11) is 1.55. The maximum atomic E-state index is 14.1. The predicted octanol–water partition coefficient (Wildman–Crippen LogP) is 1.54. The standard InChI is InChI=1S/C21H20FN5O5.C7H13NO2S/c1-10-12(19(23)28)5-27-17(10)20(24-9-25-27)26-13-3-2-11(22)4-14(13)32-15-6-31-21-8-30-16(21)7-29-18(15)21;1-10-6-7(9)8-2-4-11-5-3-8/h2-5,9,15-16,18H,6-8H2,1H3,(H2,23,28)(H,24,25,26);2-6H2,1H3/t15?,16?,18-,21-;/m1./s1. The van der Waals surface area contributed by atoms with Crippen LogP contribution in [0.2, 0.25) is 0 Å². The van der Waals surface area contributed by atoms with E-state index in [1.165, 1.54) is 23.0 Å². The van der Waals surface area contributed by atoms with Gasteiger partial charge in [0.15, 0.2) is 11.9 Å². The van der Waals surface area contributed by atoms with E-state index in [4.69, 9.17) is 29.4 Å². The minimum atomic E-state index is -0.560. The molecule has 4 saturated heterocycles. The van der Waals surface area contributed by atoms with Crippen LogP contribution >= 0.6 is 11.8 Å². The Kier molecular flexibility index (Phi) is 8.42. The van der Waals surface area contributed by atoms with Crippen LogP contribution in [0.1, 0.15) is 15.9 Å². The second-order valence-electron chi connectivity index (χ2n) is 10.6. The molecule has 0 radical (unpaired) electrons. The quantitative estimate of drug-likeness (QED) is 0.398. The third kappa shape index (κ3) is 5.62. The van der Waals surface area contributed by atoms with Crippen LogP contribution < -0.4 is 15.8 Å². The number of thioether (sulfide) groups is 1. The Labute approximate surface area is 251 Å². The summed E-state index contributed by atoms with van der Waals surface area (Å²) in [4.78, 5) is 29.1. The van der Waals surface area contributed by atoms with Crippen molar-refractivity contribution in [3.05, 3.63) is 47.7 Å². The van der Waals surface area contributed by atoms with Crippen molar-refractivity contribution in [1.29, 1.82) is 0 Å². The summed E-state index contributed by atoms with van der Waals surface area (Å²) >= 11 is 1.90. The second kappa shape index (κ2) is 12.2. The van der Waals surface area contributed by atoms with Crippen LogP contribution in [0.4, 0.5) is 15.9 Å². The summed E-state index contributed by atoms with van der Waals surface area (Å²) in [5.74, 6) is 1.95. The van der Waals surface area contributed by atoms with E-state index in [1.807, 2.05) is 16.7 Å². The first kappa shape index (κ1) is 29.6. The van der Waals surface area contributed by atoms with E-state index in [0.717, 1.165) is 24.6 Å². The summed E-state index contributed by atoms with van der Waals surface area (Å²) in [5.41, 5.74) is 7.04. The number of ether oxygens (including phenoxy) is 5. The average Bonchev–Trinajstić information content (AvgIpc) is 3.62. The molecule has 1 spiro atoms. The number of anilines is 2. The van der Waals surface area contributed by atoms with Crippen molar-refractivity contribution in [2.45, 2.75) is 30.8 Å². The van der Waals surface area contributed by atoms with Gasteiger partial charge in [0.05, 0.1) is 31.1 Å². The van der Waals surface area contributed by atoms with Gasteiger partial charge < -0.3 is 39.6 Å².